The number of benzene rings is 1. The number of nitrogens with zero attached hydrogens (tertiary/aromatic N) is 4. The van der Waals surface area contributed by atoms with E-state index < -0.39 is 0 Å². The van der Waals surface area contributed by atoms with E-state index in [1.807, 2.05) is 29.1 Å². The van der Waals surface area contributed by atoms with Crippen molar-refractivity contribution in [2.24, 2.45) is 10.1 Å². The van der Waals surface area contributed by atoms with Gasteiger partial charge in [-0.2, -0.15) is 10.4 Å². The summed E-state index contributed by atoms with van der Waals surface area (Å²) >= 11 is 3.30. The van der Waals surface area contributed by atoms with Crippen LogP contribution in [0.3, 0.4) is 0 Å². The summed E-state index contributed by atoms with van der Waals surface area (Å²) in [6.45, 7) is 2.98. The zero-order valence-electron chi connectivity index (χ0n) is 13.9. The molecule has 0 aliphatic carbocycles. The number of unbranched alkanes of at least 4 members (excludes halogenated alkanes) is 1. The van der Waals surface area contributed by atoms with E-state index in [-0.39, 0.29) is 0 Å². The van der Waals surface area contributed by atoms with Crippen molar-refractivity contribution >= 4 is 28.9 Å². The Balaban J connectivity index is 1.96. The molecule has 25 heavy (non-hydrogen) atoms. The van der Waals surface area contributed by atoms with Crippen molar-refractivity contribution < 1.29 is 0 Å². The van der Waals surface area contributed by atoms with Crippen molar-refractivity contribution in [2.75, 3.05) is 6.54 Å². The molecule has 2 aromatic heterocycles. The highest BCUT2D eigenvalue weighted by molar-refractivity contribution is 7.14. The van der Waals surface area contributed by atoms with Crippen molar-refractivity contribution in [3.8, 4) is 16.6 Å². The Morgan fingerprint density at radius 1 is 1.20 bits per heavy atom. The van der Waals surface area contributed by atoms with Gasteiger partial charge in [0.15, 0.2) is 0 Å². The summed E-state index contributed by atoms with van der Waals surface area (Å²) in [6.07, 6.45) is 4.01. The fourth-order valence-corrected chi connectivity index (χ4v) is 3.87. The van der Waals surface area contributed by atoms with Crippen molar-refractivity contribution in [3.63, 3.8) is 0 Å². The summed E-state index contributed by atoms with van der Waals surface area (Å²) in [6, 6.07) is 13.7. The normalized spacial score (nSPS) is 11.9. The molecule has 3 rings (SSSR count). The van der Waals surface area contributed by atoms with E-state index in [2.05, 4.69) is 34.9 Å². The van der Waals surface area contributed by atoms with E-state index in [0.29, 0.717) is 5.56 Å². The predicted molar refractivity (Wildman–Crippen MR) is 105 cm³/mol. The van der Waals surface area contributed by atoms with Crippen LogP contribution in [0.15, 0.2) is 57.3 Å². The topological polar surface area (TPSA) is 53.4 Å². The predicted octanol–water partition coefficient (Wildman–Crippen LogP) is 4.73. The minimum Gasteiger partial charge on any atom is -0.257 e. The molecule has 0 bridgehead atoms. The monoisotopic (exact) mass is 366 g/mol. The second-order valence-corrected chi connectivity index (χ2v) is 7.19. The fraction of sp³-hybridized carbons (Fsp3) is 0.211. The van der Waals surface area contributed by atoms with Crippen molar-refractivity contribution in [1.29, 1.82) is 5.26 Å². The average Bonchev–Trinajstić information content (AvgIpc) is 3.30. The maximum atomic E-state index is 8.89. The van der Waals surface area contributed by atoms with Gasteiger partial charge in [0.05, 0.1) is 28.4 Å². The van der Waals surface area contributed by atoms with E-state index in [0.717, 1.165) is 35.4 Å². The van der Waals surface area contributed by atoms with Crippen LogP contribution in [0.5, 0.6) is 0 Å². The van der Waals surface area contributed by atoms with Crippen LogP contribution in [0.4, 0.5) is 0 Å². The van der Waals surface area contributed by atoms with Crippen LogP contribution in [0, 0.1) is 11.3 Å². The third-order valence-electron chi connectivity index (χ3n) is 3.58. The Morgan fingerprint density at radius 2 is 2.04 bits per heavy atom. The molecule has 0 atom stereocenters. The van der Waals surface area contributed by atoms with E-state index >= 15 is 0 Å². The lowest BCUT2D eigenvalue weighted by molar-refractivity contribution is 0.764. The molecule has 0 saturated carbocycles. The lowest BCUT2D eigenvalue weighted by atomic mass is 10.2. The largest absolute Gasteiger partial charge is 0.257 e. The lowest BCUT2D eigenvalue weighted by Crippen LogP contribution is -2.12. The minimum atomic E-state index is 0.648. The molecule has 0 unspecified atom stereocenters. The Morgan fingerprint density at radius 3 is 2.72 bits per heavy atom. The molecule has 0 radical (unpaired) electrons. The number of nitriles is 1. The first-order chi connectivity index (χ1) is 12.3. The van der Waals surface area contributed by atoms with E-state index in [9.17, 15) is 0 Å². The number of thiazole rings is 1. The Kier molecular flexibility index (Phi) is 5.94. The smallest absolute Gasteiger partial charge is 0.206 e. The SMILES string of the molecule is CCCCN=c1scc(-c2cccs2)n1/N=C\c1ccc(C#N)cc1. The number of rotatable bonds is 6. The number of aromatic nitrogens is 1. The fourth-order valence-electron chi connectivity index (χ4n) is 2.21. The minimum absolute atomic E-state index is 0.648. The van der Waals surface area contributed by atoms with Gasteiger partial charge in [0, 0.05) is 11.9 Å². The van der Waals surface area contributed by atoms with Crippen LogP contribution < -0.4 is 4.80 Å². The van der Waals surface area contributed by atoms with Gasteiger partial charge in [0.25, 0.3) is 0 Å². The van der Waals surface area contributed by atoms with Gasteiger partial charge in [-0.25, -0.2) is 4.68 Å². The van der Waals surface area contributed by atoms with Crippen LogP contribution in [0.25, 0.3) is 10.6 Å². The molecule has 3 aromatic rings. The molecule has 1 aromatic carbocycles. The quantitative estimate of drug-likeness (QED) is 0.459. The summed E-state index contributed by atoms with van der Waals surface area (Å²) in [5.74, 6) is 0. The molecule has 0 spiro atoms. The van der Waals surface area contributed by atoms with Gasteiger partial charge >= 0.3 is 0 Å². The highest BCUT2D eigenvalue weighted by Gasteiger charge is 2.08. The van der Waals surface area contributed by atoms with Crippen molar-refractivity contribution in [1.82, 2.24) is 4.68 Å². The average molecular weight is 367 g/mol. The van der Waals surface area contributed by atoms with E-state index in [1.54, 1.807) is 34.8 Å². The van der Waals surface area contributed by atoms with Crippen molar-refractivity contribution in [2.45, 2.75) is 19.8 Å². The highest BCUT2D eigenvalue weighted by atomic mass is 32.1. The van der Waals surface area contributed by atoms with Crippen LogP contribution >= 0.6 is 22.7 Å². The third-order valence-corrected chi connectivity index (χ3v) is 5.33. The summed E-state index contributed by atoms with van der Waals surface area (Å²) in [5.41, 5.74) is 2.66. The molecule has 4 nitrogen and oxygen atoms in total. The van der Waals surface area contributed by atoms with Gasteiger partial charge in [0.2, 0.25) is 4.80 Å². The second kappa shape index (κ2) is 8.56. The second-order valence-electron chi connectivity index (χ2n) is 5.41. The van der Waals surface area contributed by atoms with Gasteiger partial charge in [-0.1, -0.05) is 31.5 Å². The van der Waals surface area contributed by atoms with Crippen molar-refractivity contribution in [3.05, 3.63) is 63.1 Å². The molecular weight excluding hydrogens is 348 g/mol. The maximum Gasteiger partial charge on any atom is 0.206 e. The summed E-state index contributed by atoms with van der Waals surface area (Å²) in [4.78, 5) is 6.77. The molecule has 0 amide bonds. The molecule has 6 heteroatoms. The van der Waals surface area contributed by atoms with Crippen LogP contribution in [0.2, 0.25) is 0 Å². The first-order valence-electron chi connectivity index (χ1n) is 8.11. The molecule has 126 valence electrons. The third kappa shape index (κ3) is 4.32. The van der Waals surface area contributed by atoms with Gasteiger partial charge in [-0.05, 0) is 35.6 Å². The molecule has 0 N–H and O–H groups in total. The number of thiophene rings is 1. The Hall–Kier alpha value is -2.49. The van der Waals surface area contributed by atoms with Crippen LogP contribution in [-0.2, 0) is 0 Å². The Labute approximate surface area is 155 Å². The van der Waals surface area contributed by atoms with Crippen LogP contribution in [0.1, 0.15) is 30.9 Å². The first kappa shape index (κ1) is 17.3. The van der Waals surface area contributed by atoms with E-state index in [4.69, 9.17) is 10.3 Å². The lowest BCUT2D eigenvalue weighted by Gasteiger charge is -2.01. The van der Waals surface area contributed by atoms with Gasteiger partial charge < -0.3 is 0 Å². The van der Waals surface area contributed by atoms with Gasteiger partial charge in [0.1, 0.15) is 0 Å². The summed E-state index contributed by atoms with van der Waals surface area (Å²) in [7, 11) is 0. The van der Waals surface area contributed by atoms with Gasteiger partial charge in [-0.3, -0.25) is 4.99 Å². The summed E-state index contributed by atoms with van der Waals surface area (Å²) in [5, 5.41) is 17.7. The molecule has 0 fully saturated rings. The molecule has 0 aliphatic rings. The summed E-state index contributed by atoms with van der Waals surface area (Å²) < 4.78 is 1.91. The Bertz CT molecular complexity index is 939. The van der Waals surface area contributed by atoms with E-state index in [1.165, 1.54) is 4.88 Å². The molecule has 2 heterocycles. The zero-order valence-corrected chi connectivity index (χ0v) is 15.6. The molecule has 0 aliphatic heterocycles. The number of hydrogen-bond donors (Lipinski definition) is 0. The number of hydrogen-bond acceptors (Lipinski definition) is 5. The van der Waals surface area contributed by atoms with Gasteiger partial charge in [-0.15, -0.1) is 22.7 Å². The first-order valence-corrected chi connectivity index (χ1v) is 9.87. The highest BCUT2D eigenvalue weighted by Crippen LogP contribution is 2.25. The maximum absolute atomic E-state index is 8.89. The molecule has 0 saturated heterocycles. The zero-order chi connectivity index (χ0) is 17.5. The van der Waals surface area contributed by atoms with Crippen LogP contribution in [-0.4, -0.2) is 17.4 Å². The molecular formula is C19H18N4S2. The standard InChI is InChI=1S/C19H18N4S2/c1-2-3-10-21-19-23(17(14-25-19)18-5-4-11-24-18)22-13-16-8-6-15(12-20)7-9-16/h4-9,11,13-14H,2-3,10H2,1H3/b21-19?,22-13-.